The molecule has 7 nitrogen and oxygen atoms in total. The van der Waals surface area contributed by atoms with Crippen LogP contribution in [0.5, 0.6) is 0 Å². The van der Waals surface area contributed by atoms with Crippen molar-refractivity contribution in [3.63, 3.8) is 0 Å². The molecule has 0 fully saturated rings. The lowest BCUT2D eigenvalue weighted by Crippen LogP contribution is -2.09. The van der Waals surface area contributed by atoms with Crippen LogP contribution in [0.15, 0.2) is 45.2 Å². The average Bonchev–Trinajstić information content (AvgIpc) is 3.53. The van der Waals surface area contributed by atoms with E-state index in [1.165, 1.54) is 32.9 Å². The number of hydrogen-bond donors (Lipinski definition) is 0. The Morgan fingerprint density at radius 2 is 1.32 bits per heavy atom. The number of aryl methyl sites for hydroxylation is 2. The van der Waals surface area contributed by atoms with E-state index in [4.69, 9.17) is 8.83 Å². The molecular weight excluding hydrogens is 552 g/mol. The maximum Gasteiger partial charge on any atom is 0.417 e. The first-order valence-corrected chi connectivity index (χ1v) is 11.5. The highest BCUT2D eigenvalue weighted by molar-refractivity contribution is 5.72. The van der Waals surface area contributed by atoms with Gasteiger partial charge in [0.15, 0.2) is 5.57 Å². The van der Waals surface area contributed by atoms with Crippen LogP contribution in [0.4, 0.5) is 26.3 Å². The number of oxazole rings is 2. The molecule has 0 aliphatic heterocycles. The molecule has 4 rings (SSSR count). The Morgan fingerprint density at radius 3 is 1.88 bits per heavy atom. The minimum Gasteiger partial charge on any atom is -0.432 e. The number of alkyl halides is 6. The Balaban J connectivity index is 2.36. The SMILES string of the molecule is C/C(C#N)=c1\nc(-c2cc(C)ccc2C(F)(F)F)/c(=c2\oc(=C(C#N)C#N)nc2-c2cc(C(F)(F)F)ccc2C)o1. The molecule has 2 aromatic heterocycles. The lowest BCUT2D eigenvalue weighted by atomic mass is 10.00. The topological polar surface area (TPSA) is 123 Å². The highest BCUT2D eigenvalue weighted by Gasteiger charge is 2.35. The minimum absolute atomic E-state index is 0.128. The first-order chi connectivity index (χ1) is 19.2. The molecular formula is C28H15F6N5O2. The van der Waals surface area contributed by atoms with Crippen LogP contribution in [-0.2, 0) is 12.4 Å². The van der Waals surface area contributed by atoms with Gasteiger partial charge in [-0.05, 0) is 50.6 Å². The summed E-state index contributed by atoms with van der Waals surface area (Å²) in [4.78, 5) is 8.20. The second kappa shape index (κ2) is 10.3. The standard InChI is InChI=1S/C28H15F6N5O2/c1-13-4-7-20(28(32,33)34)19(8-13)22-24(40-25(38-22)15(3)10-35)23-21(39-26(41-23)16(11-36)12-37)18-9-17(27(29,30)31)6-5-14(18)2/h4-9H,1-3H3/b24-23+,25-15-. The summed E-state index contributed by atoms with van der Waals surface area (Å²) in [5.41, 5.74) is -5.75. The second-order valence-electron chi connectivity index (χ2n) is 8.80. The smallest absolute Gasteiger partial charge is 0.417 e. The third kappa shape index (κ3) is 5.41. The molecule has 0 aliphatic carbocycles. The summed E-state index contributed by atoms with van der Waals surface area (Å²) in [7, 11) is 0. The maximum atomic E-state index is 14.1. The van der Waals surface area contributed by atoms with Crippen LogP contribution in [-0.4, -0.2) is 9.97 Å². The summed E-state index contributed by atoms with van der Waals surface area (Å²) in [5, 5.41) is 28.1. The Morgan fingerprint density at radius 1 is 0.732 bits per heavy atom. The summed E-state index contributed by atoms with van der Waals surface area (Å²) in [6.45, 7) is 4.28. The van der Waals surface area contributed by atoms with Gasteiger partial charge < -0.3 is 8.83 Å². The molecule has 0 radical (unpaired) electrons. The van der Waals surface area contributed by atoms with Crippen molar-refractivity contribution in [2.24, 2.45) is 0 Å². The van der Waals surface area contributed by atoms with Gasteiger partial charge in [0, 0.05) is 11.1 Å². The lowest BCUT2D eigenvalue weighted by molar-refractivity contribution is -0.138. The molecule has 0 spiro atoms. The highest BCUT2D eigenvalue weighted by Crippen LogP contribution is 2.38. The Kier molecular flexibility index (Phi) is 7.21. The fourth-order valence-electron chi connectivity index (χ4n) is 3.90. The molecule has 0 atom stereocenters. The third-order valence-corrected chi connectivity index (χ3v) is 5.94. The second-order valence-corrected chi connectivity index (χ2v) is 8.80. The van der Waals surface area contributed by atoms with Crippen molar-refractivity contribution in [2.75, 3.05) is 0 Å². The fraction of sp³-hybridized carbons (Fsp3) is 0.179. The van der Waals surface area contributed by atoms with Crippen molar-refractivity contribution >= 4 is 11.1 Å². The summed E-state index contributed by atoms with van der Waals surface area (Å²) in [5.74, 6) is 0. The Hall–Kier alpha value is -5.35. The van der Waals surface area contributed by atoms with Gasteiger partial charge in [-0.15, -0.1) is 0 Å². The van der Waals surface area contributed by atoms with E-state index in [0.717, 1.165) is 24.3 Å². The molecule has 0 bridgehead atoms. The predicted octanol–water partition coefficient (Wildman–Crippen LogP) is 5.83. The Labute approximate surface area is 226 Å². The molecule has 0 N–H and O–H groups in total. The van der Waals surface area contributed by atoms with Gasteiger partial charge in [0.2, 0.25) is 21.9 Å². The van der Waals surface area contributed by atoms with Crippen molar-refractivity contribution in [1.82, 2.24) is 9.97 Å². The van der Waals surface area contributed by atoms with Crippen LogP contribution in [0.25, 0.3) is 33.7 Å². The van der Waals surface area contributed by atoms with Crippen LogP contribution >= 0.6 is 0 Å². The summed E-state index contributed by atoms with van der Waals surface area (Å²) in [6.07, 6.45) is -9.62. The van der Waals surface area contributed by atoms with Gasteiger partial charge in [-0.25, -0.2) is 9.97 Å². The average molecular weight is 567 g/mol. The van der Waals surface area contributed by atoms with Crippen molar-refractivity contribution in [1.29, 1.82) is 15.8 Å². The van der Waals surface area contributed by atoms with Crippen LogP contribution in [0.3, 0.4) is 0 Å². The van der Waals surface area contributed by atoms with E-state index in [1.54, 1.807) is 18.2 Å². The fourth-order valence-corrected chi connectivity index (χ4v) is 3.90. The molecule has 4 aromatic rings. The van der Waals surface area contributed by atoms with Gasteiger partial charge in [-0.2, -0.15) is 42.1 Å². The van der Waals surface area contributed by atoms with E-state index in [0.29, 0.717) is 5.56 Å². The normalized spacial score (nSPS) is 13.2. The molecule has 41 heavy (non-hydrogen) atoms. The van der Waals surface area contributed by atoms with Gasteiger partial charge in [0.05, 0.1) is 16.7 Å². The number of benzene rings is 2. The molecule has 0 amide bonds. The number of halogens is 6. The minimum atomic E-state index is -4.86. The van der Waals surface area contributed by atoms with Gasteiger partial charge in [-0.3, -0.25) is 0 Å². The van der Waals surface area contributed by atoms with E-state index in [9.17, 15) is 42.1 Å². The van der Waals surface area contributed by atoms with Gasteiger partial charge in [0.25, 0.3) is 0 Å². The van der Waals surface area contributed by atoms with Crippen LogP contribution in [0.1, 0.15) is 29.2 Å². The zero-order valence-corrected chi connectivity index (χ0v) is 21.3. The van der Waals surface area contributed by atoms with Crippen molar-refractivity contribution in [2.45, 2.75) is 33.1 Å². The van der Waals surface area contributed by atoms with Gasteiger partial charge in [-0.1, -0.05) is 17.7 Å². The predicted molar refractivity (Wildman–Crippen MR) is 130 cm³/mol. The van der Waals surface area contributed by atoms with Gasteiger partial charge >= 0.3 is 12.4 Å². The quantitative estimate of drug-likeness (QED) is 0.279. The summed E-state index contributed by atoms with van der Waals surface area (Å²) >= 11 is 0. The number of hydrogen-bond acceptors (Lipinski definition) is 7. The summed E-state index contributed by atoms with van der Waals surface area (Å²) < 4.78 is 94.3. The zero-order valence-electron chi connectivity index (χ0n) is 21.3. The van der Waals surface area contributed by atoms with Crippen LogP contribution in [0.2, 0.25) is 0 Å². The van der Waals surface area contributed by atoms with E-state index in [1.807, 2.05) is 0 Å². The van der Waals surface area contributed by atoms with Crippen molar-refractivity contribution < 1.29 is 35.2 Å². The van der Waals surface area contributed by atoms with E-state index >= 15 is 0 Å². The van der Waals surface area contributed by atoms with Gasteiger partial charge in [0.1, 0.15) is 29.6 Å². The van der Waals surface area contributed by atoms with Crippen molar-refractivity contribution in [3.8, 4) is 40.7 Å². The molecule has 2 aromatic carbocycles. The first-order valence-electron chi connectivity index (χ1n) is 11.5. The maximum absolute atomic E-state index is 14.1. The first kappa shape index (κ1) is 28.7. The van der Waals surface area contributed by atoms with E-state index < -0.39 is 56.7 Å². The number of aromatic nitrogens is 2. The van der Waals surface area contributed by atoms with Crippen LogP contribution in [0, 0.1) is 58.7 Å². The van der Waals surface area contributed by atoms with E-state index in [2.05, 4.69) is 9.97 Å². The summed E-state index contributed by atoms with van der Waals surface area (Å²) in [6, 6.07) is 10.8. The monoisotopic (exact) mass is 567 g/mol. The number of rotatable bonds is 2. The molecule has 0 unspecified atom stereocenters. The lowest BCUT2D eigenvalue weighted by Gasteiger charge is -2.12. The largest absolute Gasteiger partial charge is 0.432 e. The van der Waals surface area contributed by atoms with E-state index in [-0.39, 0.29) is 27.9 Å². The molecule has 0 saturated carbocycles. The van der Waals surface area contributed by atoms with Crippen molar-refractivity contribution in [3.05, 3.63) is 80.6 Å². The number of nitrogens with zero attached hydrogens (tertiary/aromatic N) is 5. The molecule has 0 saturated heterocycles. The molecule has 0 aliphatic rings. The Bertz CT molecular complexity index is 2030. The molecule has 13 heteroatoms. The zero-order chi connectivity index (χ0) is 30.3. The highest BCUT2D eigenvalue weighted by atomic mass is 19.4. The third-order valence-electron chi connectivity index (χ3n) is 5.94. The van der Waals surface area contributed by atoms with Crippen LogP contribution < -0.4 is 11.1 Å². The number of nitriles is 3. The molecule has 2 heterocycles. The molecule has 206 valence electrons.